The number of H-pyrrole nitrogens is 2. The Balaban J connectivity index is 0.938. The lowest BCUT2D eigenvalue weighted by Crippen LogP contribution is -2.49. The Hall–Kier alpha value is -6.32. The third-order valence-electron chi connectivity index (χ3n) is 13.0. The van der Waals surface area contributed by atoms with Crippen molar-refractivity contribution in [3.05, 3.63) is 83.6 Å². The molecule has 16 heteroatoms. The molecule has 318 valence electrons. The quantitative estimate of drug-likeness (QED) is 0.101. The molecule has 4 N–H and O–H groups in total. The number of imidazole rings is 2. The topological polar surface area (TPSA) is 175 Å². The molecule has 14 nitrogen and oxygen atoms in total. The van der Waals surface area contributed by atoms with Gasteiger partial charge in [0.1, 0.15) is 24.2 Å². The molecule has 2 aromatic heterocycles. The first-order valence-corrected chi connectivity index (χ1v) is 20.8. The van der Waals surface area contributed by atoms with Crippen molar-refractivity contribution in [3.63, 3.8) is 0 Å². The van der Waals surface area contributed by atoms with Gasteiger partial charge in [0.25, 0.3) is 5.92 Å². The maximum atomic E-state index is 16.5. The maximum absolute atomic E-state index is 16.5. The summed E-state index contributed by atoms with van der Waals surface area (Å²) in [6.07, 6.45) is 5.33. The average Bonchev–Trinajstić information content (AvgIpc) is 3.84. The van der Waals surface area contributed by atoms with Crippen molar-refractivity contribution < 1.29 is 37.4 Å². The van der Waals surface area contributed by atoms with Gasteiger partial charge < -0.3 is 39.9 Å². The third-order valence-corrected chi connectivity index (χ3v) is 13.0. The van der Waals surface area contributed by atoms with Gasteiger partial charge in [0.2, 0.25) is 11.8 Å². The molecule has 9 rings (SSSR count). The number of hydrogen-bond donors (Lipinski definition) is 4. The van der Waals surface area contributed by atoms with Crippen molar-refractivity contribution in [1.29, 1.82) is 0 Å². The van der Waals surface area contributed by atoms with Crippen LogP contribution in [0.5, 0.6) is 0 Å². The Labute approximate surface area is 350 Å². The van der Waals surface area contributed by atoms with E-state index in [4.69, 9.17) is 9.72 Å². The molecule has 2 saturated carbocycles. The minimum atomic E-state index is -3.28. The SMILES string of the molecule is CC[C@@H](NC(=O)OC)C(=O)N(Cc1ncc(-c2ccc3c(c2)C(F)(F)c2cc(-c4ccc5nc(C6[C@H]7CC[C@H](C7)N6C(=O)CNC(=O)OC)[nH]c5c4)ccc2-3)[nH]1)CC1(C)CC1. The van der Waals surface area contributed by atoms with Gasteiger partial charge in [-0.05, 0) is 96.4 Å². The van der Waals surface area contributed by atoms with Crippen LogP contribution in [0.2, 0.25) is 0 Å². The number of ether oxygens (including phenoxy) is 2. The number of nitrogens with zero attached hydrogens (tertiary/aromatic N) is 4. The fourth-order valence-electron chi connectivity index (χ4n) is 9.50. The molecule has 3 heterocycles. The molecule has 3 aromatic carbocycles. The number of aromatic nitrogens is 4. The van der Waals surface area contributed by atoms with Gasteiger partial charge in [-0.2, -0.15) is 8.78 Å². The average molecular weight is 835 g/mol. The number of halogens is 2. The highest BCUT2D eigenvalue weighted by Gasteiger charge is 2.50. The number of alkyl carbamates (subject to hydrolysis) is 2. The lowest BCUT2D eigenvalue weighted by molar-refractivity contribution is -0.135. The number of amides is 4. The van der Waals surface area contributed by atoms with Gasteiger partial charge in [-0.15, -0.1) is 0 Å². The van der Waals surface area contributed by atoms with Crippen molar-refractivity contribution >= 4 is 35.0 Å². The predicted molar refractivity (Wildman–Crippen MR) is 221 cm³/mol. The molecule has 4 amide bonds. The second-order valence-corrected chi connectivity index (χ2v) is 17.1. The van der Waals surface area contributed by atoms with Crippen LogP contribution in [0.4, 0.5) is 18.4 Å². The molecule has 2 bridgehead atoms. The highest BCUT2D eigenvalue weighted by molar-refractivity contribution is 5.88. The number of carbonyl (C=O) groups excluding carboxylic acids is 4. The summed E-state index contributed by atoms with van der Waals surface area (Å²) in [5.74, 6) is -2.32. The first kappa shape index (κ1) is 40.1. The molecule has 3 aliphatic carbocycles. The van der Waals surface area contributed by atoms with Crippen LogP contribution < -0.4 is 10.6 Å². The molecule has 1 unspecified atom stereocenters. The van der Waals surface area contributed by atoms with Gasteiger partial charge in [-0.3, -0.25) is 9.59 Å². The smallest absolute Gasteiger partial charge is 0.407 e. The molecule has 0 spiro atoms. The summed E-state index contributed by atoms with van der Waals surface area (Å²) in [4.78, 5) is 70.2. The molecular formula is C45H48F2N8O6. The van der Waals surface area contributed by atoms with E-state index >= 15 is 8.78 Å². The van der Waals surface area contributed by atoms with Gasteiger partial charge in [-0.25, -0.2) is 19.6 Å². The molecule has 0 radical (unpaired) electrons. The summed E-state index contributed by atoms with van der Waals surface area (Å²) < 4.78 is 42.4. The van der Waals surface area contributed by atoms with Gasteiger partial charge in [-0.1, -0.05) is 44.2 Å². The van der Waals surface area contributed by atoms with Crippen LogP contribution in [0, 0.1) is 11.3 Å². The zero-order valence-electron chi connectivity index (χ0n) is 34.4. The number of hydrogen-bond acceptors (Lipinski definition) is 8. The van der Waals surface area contributed by atoms with Gasteiger partial charge >= 0.3 is 12.2 Å². The highest BCUT2D eigenvalue weighted by Crippen LogP contribution is 2.53. The van der Waals surface area contributed by atoms with E-state index in [0.717, 1.165) is 43.2 Å². The van der Waals surface area contributed by atoms with Crippen molar-refractivity contribution in [1.82, 2.24) is 40.4 Å². The van der Waals surface area contributed by atoms with Crippen molar-refractivity contribution in [2.45, 2.75) is 83.0 Å². The van der Waals surface area contributed by atoms with Crippen molar-refractivity contribution in [2.24, 2.45) is 11.3 Å². The van der Waals surface area contributed by atoms with Gasteiger partial charge in [0.05, 0.1) is 49.7 Å². The fourth-order valence-corrected chi connectivity index (χ4v) is 9.50. The Morgan fingerprint density at radius 2 is 1.62 bits per heavy atom. The predicted octanol–water partition coefficient (Wildman–Crippen LogP) is 7.41. The number of piperidine rings is 1. The Bertz CT molecular complexity index is 2570. The molecule has 4 atom stereocenters. The number of rotatable bonds is 12. The second-order valence-electron chi connectivity index (χ2n) is 17.1. The van der Waals surface area contributed by atoms with E-state index in [0.29, 0.717) is 58.1 Å². The van der Waals surface area contributed by atoms with Crippen LogP contribution in [-0.2, 0) is 31.5 Å². The number of aromatic amines is 2. The zero-order valence-corrected chi connectivity index (χ0v) is 34.4. The summed E-state index contributed by atoms with van der Waals surface area (Å²) >= 11 is 0. The zero-order chi connectivity index (χ0) is 42.8. The van der Waals surface area contributed by atoms with E-state index in [-0.39, 0.29) is 59.4 Å². The largest absolute Gasteiger partial charge is 0.453 e. The van der Waals surface area contributed by atoms with E-state index in [1.807, 2.05) is 36.1 Å². The number of nitrogens with one attached hydrogen (secondary N) is 4. The molecule has 5 aromatic rings. The van der Waals surface area contributed by atoms with E-state index in [1.165, 1.54) is 20.3 Å². The summed E-state index contributed by atoms with van der Waals surface area (Å²) in [7, 11) is 2.50. The number of alkyl halides is 2. The van der Waals surface area contributed by atoms with Gasteiger partial charge in [0.15, 0.2) is 0 Å². The van der Waals surface area contributed by atoms with Crippen LogP contribution in [0.1, 0.15) is 81.2 Å². The van der Waals surface area contributed by atoms with E-state index in [9.17, 15) is 19.2 Å². The number of carbonyl (C=O) groups is 4. The molecule has 1 saturated heterocycles. The van der Waals surface area contributed by atoms with E-state index in [1.54, 1.807) is 35.4 Å². The van der Waals surface area contributed by atoms with Crippen molar-refractivity contribution in [2.75, 3.05) is 27.3 Å². The summed E-state index contributed by atoms with van der Waals surface area (Å²) in [5.41, 5.74) is 4.57. The minimum absolute atomic E-state index is 0.0160. The van der Waals surface area contributed by atoms with Crippen LogP contribution in [0.3, 0.4) is 0 Å². The van der Waals surface area contributed by atoms with Crippen LogP contribution in [0.15, 0.2) is 60.8 Å². The third kappa shape index (κ3) is 7.35. The van der Waals surface area contributed by atoms with Crippen LogP contribution in [-0.4, -0.2) is 93.1 Å². The first-order chi connectivity index (χ1) is 29.3. The van der Waals surface area contributed by atoms with E-state index < -0.39 is 24.2 Å². The number of likely N-dealkylation sites (tertiary alicyclic amines) is 1. The Morgan fingerprint density at radius 3 is 2.33 bits per heavy atom. The molecule has 61 heavy (non-hydrogen) atoms. The Morgan fingerprint density at radius 1 is 0.934 bits per heavy atom. The second kappa shape index (κ2) is 15.3. The minimum Gasteiger partial charge on any atom is -0.453 e. The van der Waals surface area contributed by atoms with Crippen LogP contribution in [0.25, 0.3) is 44.5 Å². The van der Waals surface area contributed by atoms with Gasteiger partial charge in [0, 0.05) is 29.3 Å². The molecule has 3 fully saturated rings. The standard InChI is InChI=1S/C45H48F2N8O6/c1-5-33(53-43(59)61-4)41(57)54(23-44(2)14-15-44)22-37-48-20-36(50-37)26-8-12-30-29-11-7-24(17-31(29)45(46,47)32(30)18-26)25-9-13-34-35(19-25)52-40(51-34)39-27-6-10-28(16-27)55(39)38(56)21-49-42(58)60-3/h7-9,11-13,17-20,27-28,33,39H,5-6,10,14-16,21-23H2,1-4H3,(H,48,50)(H,49,58)(H,51,52)(H,53,59)/t27-,28+,33+,39?/m0/s1. The number of methoxy groups -OCH3 is 2. The monoisotopic (exact) mass is 834 g/mol. The summed E-state index contributed by atoms with van der Waals surface area (Å²) in [5, 5.41) is 5.12. The van der Waals surface area contributed by atoms with Crippen molar-refractivity contribution in [3.8, 4) is 33.5 Å². The normalized spacial score (nSPS) is 20.5. The molecular weight excluding hydrogens is 787 g/mol. The lowest BCUT2D eigenvalue weighted by atomic mass is 9.98. The number of fused-ring (bicyclic) bond motifs is 6. The molecule has 4 aliphatic rings. The Kier molecular flexibility index (Phi) is 10.1. The summed E-state index contributed by atoms with van der Waals surface area (Å²) in [6, 6.07) is 14.8. The fraction of sp³-hybridized carbons (Fsp3) is 0.422. The highest BCUT2D eigenvalue weighted by atomic mass is 19.3. The van der Waals surface area contributed by atoms with Crippen LogP contribution >= 0.6 is 0 Å². The maximum Gasteiger partial charge on any atom is 0.407 e. The molecule has 1 aliphatic heterocycles. The number of benzene rings is 3. The lowest BCUT2D eigenvalue weighted by Gasteiger charge is -2.34. The van der Waals surface area contributed by atoms with E-state index in [2.05, 4.69) is 37.2 Å². The summed E-state index contributed by atoms with van der Waals surface area (Å²) in [6.45, 7) is 4.41. The first-order valence-electron chi connectivity index (χ1n) is 20.8.